The quantitative estimate of drug-likeness (QED) is 0.884. The summed E-state index contributed by atoms with van der Waals surface area (Å²) in [7, 11) is 0. The monoisotopic (exact) mass is 232 g/mol. The molecule has 0 aliphatic heterocycles. The molecule has 4 heteroatoms. The predicted molar refractivity (Wildman–Crippen MR) is 65.6 cm³/mol. The topological polar surface area (TPSA) is 42.0 Å². The molecule has 1 aromatic carbocycles. The Morgan fingerprint density at radius 2 is 2.12 bits per heavy atom. The number of hydrogen-bond donors (Lipinski definition) is 1. The highest BCUT2D eigenvalue weighted by Gasteiger charge is 2.07. The third-order valence-electron chi connectivity index (χ3n) is 2.22. The normalized spacial score (nSPS) is 10.1. The lowest BCUT2D eigenvalue weighted by Gasteiger charge is -2.03. The SMILES string of the molecule is Cc1ncsc1CC(=O)Nc1ccccc1. The molecule has 3 nitrogen and oxygen atoms in total. The molecule has 0 fully saturated rings. The van der Waals surface area contributed by atoms with Crippen LogP contribution in [0.25, 0.3) is 0 Å². The van der Waals surface area contributed by atoms with Crippen molar-refractivity contribution in [2.45, 2.75) is 13.3 Å². The molecule has 0 saturated heterocycles. The molecule has 1 heterocycles. The van der Waals surface area contributed by atoms with E-state index in [9.17, 15) is 4.79 Å². The second kappa shape index (κ2) is 4.90. The van der Waals surface area contributed by atoms with Crippen molar-refractivity contribution in [2.24, 2.45) is 0 Å². The predicted octanol–water partition coefficient (Wildman–Crippen LogP) is 2.63. The summed E-state index contributed by atoms with van der Waals surface area (Å²) in [4.78, 5) is 16.8. The van der Waals surface area contributed by atoms with Crippen molar-refractivity contribution in [3.05, 3.63) is 46.4 Å². The fourth-order valence-electron chi connectivity index (χ4n) is 1.37. The zero-order valence-corrected chi connectivity index (χ0v) is 9.75. The summed E-state index contributed by atoms with van der Waals surface area (Å²) in [6, 6.07) is 9.46. The fraction of sp³-hybridized carbons (Fsp3) is 0.167. The summed E-state index contributed by atoms with van der Waals surface area (Å²) in [5, 5.41) is 2.85. The number of nitrogens with one attached hydrogen (secondary N) is 1. The van der Waals surface area contributed by atoms with Crippen molar-refractivity contribution in [3.63, 3.8) is 0 Å². The van der Waals surface area contributed by atoms with Gasteiger partial charge in [0.1, 0.15) is 0 Å². The van der Waals surface area contributed by atoms with Gasteiger partial charge in [0.2, 0.25) is 5.91 Å². The molecule has 0 bridgehead atoms. The van der Waals surface area contributed by atoms with E-state index in [2.05, 4.69) is 10.3 Å². The Hall–Kier alpha value is -1.68. The number of aryl methyl sites for hydroxylation is 1. The van der Waals surface area contributed by atoms with Gasteiger partial charge in [-0.2, -0.15) is 0 Å². The number of carbonyl (C=O) groups excluding carboxylic acids is 1. The van der Waals surface area contributed by atoms with Gasteiger partial charge in [0.25, 0.3) is 0 Å². The molecular weight excluding hydrogens is 220 g/mol. The van der Waals surface area contributed by atoms with Crippen molar-refractivity contribution in [1.82, 2.24) is 4.98 Å². The van der Waals surface area contributed by atoms with Crippen LogP contribution in [-0.2, 0) is 11.2 Å². The smallest absolute Gasteiger partial charge is 0.229 e. The highest BCUT2D eigenvalue weighted by Crippen LogP contribution is 2.14. The van der Waals surface area contributed by atoms with Gasteiger partial charge in [0, 0.05) is 10.6 Å². The summed E-state index contributed by atoms with van der Waals surface area (Å²) in [6.45, 7) is 1.92. The van der Waals surface area contributed by atoms with Gasteiger partial charge < -0.3 is 5.32 Å². The number of benzene rings is 1. The molecule has 2 aromatic rings. The van der Waals surface area contributed by atoms with E-state index in [1.807, 2.05) is 37.3 Å². The van der Waals surface area contributed by atoms with E-state index in [0.29, 0.717) is 6.42 Å². The molecule has 2 rings (SSSR count). The molecule has 16 heavy (non-hydrogen) atoms. The van der Waals surface area contributed by atoms with Gasteiger partial charge in [0.15, 0.2) is 0 Å². The van der Waals surface area contributed by atoms with Gasteiger partial charge in [-0.1, -0.05) is 18.2 Å². The van der Waals surface area contributed by atoms with E-state index in [-0.39, 0.29) is 5.91 Å². The van der Waals surface area contributed by atoms with E-state index in [0.717, 1.165) is 16.3 Å². The second-order valence-corrected chi connectivity index (χ2v) is 4.39. The van der Waals surface area contributed by atoms with Crippen LogP contribution in [0, 0.1) is 6.92 Å². The molecule has 1 amide bonds. The number of anilines is 1. The summed E-state index contributed by atoms with van der Waals surface area (Å²) in [5.41, 5.74) is 3.53. The van der Waals surface area contributed by atoms with Crippen molar-refractivity contribution in [1.29, 1.82) is 0 Å². The van der Waals surface area contributed by atoms with Crippen molar-refractivity contribution < 1.29 is 4.79 Å². The highest BCUT2D eigenvalue weighted by atomic mass is 32.1. The van der Waals surface area contributed by atoms with Crippen LogP contribution in [0.3, 0.4) is 0 Å². The Kier molecular flexibility index (Phi) is 3.31. The third kappa shape index (κ3) is 2.67. The molecule has 0 aliphatic carbocycles. The van der Waals surface area contributed by atoms with Crippen LogP contribution in [0.2, 0.25) is 0 Å². The first-order valence-electron chi connectivity index (χ1n) is 4.99. The minimum atomic E-state index is -0.00134. The third-order valence-corrected chi connectivity index (χ3v) is 3.16. The summed E-state index contributed by atoms with van der Waals surface area (Å²) in [5.74, 6) is -0.00134. The van der Waals surface area contributed by atoms with E-state index < -0.39 is 0 Å². The molecule has 0 atom stereocenters. The van der Waals surface area contributed by atoms with Crippen LogP contribution in [0.1, 0.15) is 10.6 Å². The van der Waals surface area contributed by atoms with Crippen molar-refractivity contribution in [2.75, 3.05) is 5.32 Å². The first-order chi connectivity index (χ1) is 7.75. The lowest BCUT2D eigenvalue weighted by Crippen LogP contribution is -2.14. The number of aromatic nitrogens is 1. The molecule has 0 radical (unpaired) electrons. The molecule has 0 spiro atoms. The van der Waals surface area contributed by atoms with Crippen LogP contribution in [0.15, 0.2) is 35.8 Å². The van der Waals surface area contributed by atoms with Crippen molar-refractivity contribution in [3.8, 4) is 0 Å². The Morgan fingerprint density at radius 3 is 2.75 bits per heavy atom. The maximum Gasteiger partial charge on any atom is 0.229 e. The van der Waals surface area contributed by atoms with Crippen LogP contribution in [0.4, 0.5) is 5.69 Å². The average molecular weight is 232 g/mol. The number of thiazole rings is 1. The van der Waals surface area contributed by atoms with E-state index in [1.165, 1.54) is 11.3 Å². The zero-order valence-electron chi connectivity index (χ0n) is 8.93. The Labute approximate surface area is 98.2 Å². The number of nitrogens with zero attached hydrogens (tertiary/aromatic N) is 1. The Morgan fingerprint density at radius 1 is 1.38 bits per heavy atom. The van der Waals surface area contributed by atoms with Gasteiger partial charge in [-0.05, 0) is 19.1 Å². The average Bonchev–Trinajstić information content (AvgIpc) is 2.66. The Bertz CT molecular complexity index is 479. The molecule has 1 aromatic heterocycles. The highest BCUT2D eigenvalue weighted by molar-refractivity contribution is 7.09. The lowest BCUT2D eigenvalue weighted by molar-refractivity contribution is -0.115. The van der Waals surface area contributed by atoms with Gasteiger partial charge in [-0.3, -0.25) is 4.79 Å². The van der Waals surface area contributed by atoms with Crippen LogP contribution in [0.5, 0.6) is 0 Å². The number of carbonyl (C=O) groups is 1. The van der Waals surface area contributed by atoms with Crippen LogP contribution in [-0.4, -0.2) is 10.9 Å². The first-order valence-corrected chi connectivity index (χ1v) is 5.87. The number of para-hydroxylation sites is 1. The summed E-state index contributed by atoms with van der Waals surface area (Å²) >= 11 is 1.52. The maximum atomic E-state index is 11.7. The number of rotatable bonds is 3. The maximum absolute atomic E-state index is 11.7. The lowest BCUT2D eigenvalue weighted by atomic mass is 10.2. The minimum Gasteiger partial charge on any atom is -0.326 e. The van der Waals surface area contributed by atoms with Crippen molar-refractivity contribution >= 4 is 22.9 Å². The van der Waals surface area contributed by atoms with Gasteiger partial charge in [-0.25, -0.2) is 4.98 Å². The molecule has 82 valence electrons. The summed E-state index contributed by atoms with van der Waals surface area (Å²) in [6.07, 6.45) is 0.394. The van der Waals surface area contributed by atoms with E-state index in [1.54, 1.807) is 5.51 Å². The Balaban J connectivity index is 1.98. The van der Waals surface area contributed by atoms with Gasteiger partial charge in [-0.15, -0.1) is 11.3 Å². The fourth-order valence-corrected chi connectivity index (χ4v) is 2.14. The first kappa shape index (κ1) is 10.8. The molecule has 0 aliphatic rings. The largest absolute Gasteiger partial charge is 0.326 e. The second-order valence-electron chi connectivity index (χ2n) is 3.45. The van der Waals surface area contributed by atoms with Gasteiger partial charge in [0.05, 0.1) is 17.6 Å². The summed E-state index contributed by atoms with van der Waals surface area (Å²) < 4.78 is 0. The zero-order chi connectivity index (χ0) is 11.4. The molecule has 0 unspecified atom stereocenters. The van der Waals surface area contributed by atoms with Crippen LogP contribution >= 0.6 is 11.3 Å². The van der Waals surface area contributed by atoms with E-state index >= 15 is 0 Å². The number of amides is 1. The van der Waals surface area contributed by atoms with E-state index in [4.69, 9.17) is 0 Å². The van der Waals surface area contributed by atoms with Gasteiger partial charge >= 0.3 is 0 Å². The minimum absolute atomic E-state index is 0.00134. The number of hydrogen-bond acceptors (Lipinski definition) is 3. The molecule has 1 N–H and O–H groups in total. The standard InChI is InChI=1S/C12H12N2OS/c1-9-11(16-8-13-9)7-12(15)14-10-5-3-2-4-6-10/h2-6,8H,7H2,1H3,(H,14,15). The molecule has 0 saturated carbocycles. The van der Waals surface area contributed by atoms with Crippen LogP contribution < -0.4 is 5.32 Å². The molecular formula is C12H12N2OS.